The zero-order chi connectivity index (χ0) is 14.6. The Labute approximate surface area is 115 Å². The van der Waals surface area contributed by atoms with E-state index in [-0.39, 0.29) is 23.0 Å². The van der Waals surface area contributed by atoms with E-state index in [1.54, 1.807) is 21.0 Å². The molecule has 0 spiro atoms. The summed E-state index contributed by atoms with van der Waals surface area (Å²) in [6.45, 7) is 1.64. The Morgan fingerprint density at radius 1 is 1.26 bits per heavy atom. The van der Waals surface area contributed by atoms with Crippen LogP contribution in [0.15, 0.2) is 18.2 Å². The van der Waals surface area contributed by atoms with Gasteiger partial charge in [0.05, 0.1) is 11.0 Å². The lowest BCUT2D eigenvalue weighted by atomic mass is 10.1. The van der Waals surface area contributed by atoms with Crippen LogP contribution in [-0.4, -0.2) is 41.7 Å². The maximum Gasteiger partial charge on any atom is 0.232 e. The van der Waals surface area contributed by atoms with Gasteiger partial charge >= 0.3 is 0 Å². The highest BCUT2D eigenvalue weighted by molar-refractivity contribution is 8.01. The number of carbonyl (C=O) groups is 2. The molecular weight excluding hydrogens is 272 g/mol. The highest BCUT2D eigenvalue weighted by Gasteiger charge is 2.18. The Kier molecular flexibility index (Phi) is 5.47. The van der Waals surface area contributed by atoms with Crippen LogP contribution in [-0.2, 0) is 4.79 Å². The quantitative estimate of drug-likeness (QED) is 0.780. The fourth-order valence-electron chi connectivity index (χ4n) is 1.29. The number of amides is 1. The normalized spacial score (nSPS) is 12.1. The van der Waals surface area contributed by atoms with Crippen molar-refractivity contribution in [2.45, 2.75) is 12.2 Å². The number of Topliss-reactive ketones (excluding diaryl/α,β-unsaturated/α-hetero) is 1. The number of halogens is 2. The van der Waals surface area contributed by atoms with Gasteiger partial charge in [-0.3, -0.25) is 9.59 Å². The minimum Gasteiger partial charge on any atom is -0.348 e. The summed E-state index contributed by atoms with van der Waals surface area (Å²) in [6.07, 6.45) is 0. The van der Waals surface area contributed by atoms with Crippen LogP contribution in [0.2, 0.25) is 0 Å². The first-order chi connectivity index (χ1) is 8.82. The molecule has 0 saturated carbocycles. The molecule has 104 valence electrons. The first-order valence-electron chi connectivity index (χ1n) is 5.64. The van der Waals surface area contributed by atoms with Crippen LogP contribution >= 0.6 is 11.8 Å². The molecule has 19 heavy (non-hydrogen) atoms. The molecule has 1 aromatic rings. The summed E-state index contributed by atoms with van der Waals surface area (Å²) >= 11 is 1.17. The monoisotopic (exact) mass is 287 g/mol. The van der Waals surface area contributed by atoms with E-state index in [0.717, 1.165) is 12.1 Å². The SMILES string of the molecule is CC(SCC(=O)N(C)C)C(=O)c1ccc(F)c(F)c1. The van der Waals surface area contributed by atoms with E-state index >= 15 is 0 Å². The van der Waals surface area contributed by atoms with Gasteiger partial charge in [-0.15, -0.1) is 11.8 Å². The molecule has 0 fully saturated rings. The van der Waals surface area contributed by atoms with Crippen molar-refractivity contribution in [3.05, 3.63) is 35.4 Å². The molecule has 1 rings (SSSR count). The van der Waals surface area contributed by atoms with Crippen molar-refractivity contribution < 1.29 is 18.4 Å². The van der Waals surface area contributed by atoms with Crippen molar-refractivity contribution >= 4 is 23.5 Å². The fraction of sp³-hybridized carbons (Fsp3) is 0.385. The lowest BCUT2D eigenvalue weighted by molar-refractivity contribution is -0.125. The highest BCUT2D eigenvalue weighted by Crippen LogP contribution is 2.18. The van der Waals surface area contributed by atoms with Gasteiger partial charge in [-0.05, 0) is 25.1 Å². The first-order valence-corrected chi connectivity index (χ1v) is 6.68. The van der Waals surface area contributed by atoms with Crippen LogP contribution in [0.5, 0.6) is 0 Å². The largest absolute Gasteiger partial charge is 0.348 e. The molecule has 0 N–H and O–H groups in total. The first kappa shape index (κ1) is 15.6. The zero-order valence-electron chi connectivity index (χ0n) is 10.9. The van der Waals surface area contributed by atoms with Gasteiger partial charge in [0.2, 0.25) is 5.91 Å². The van der Waals surface area contributed by atoms with E-state index in [4.69, 9.17) is 0 Å². The number of ketones is 1. The van der Waals surface area contributed by atoms with Crippen LogP contribution in [0.4, 0.5) is 8.78 Å². The number of thioether (sulfide) groups is 1. The van der Waals surface area contributed by atoms with Gasteiger partial charge in [-0.25, -0.2) is 8.78 Å². The molecule has 1 unspecified atom stereocenters. The van der Waals surface area contributed by atoms with Crippen molar-refractivity contribution in [1.82, 2.24) is 4.90 Å². The van der Waals surface area contributed by atoms with Gasteiger partial charge in [0.15, 0.2) is 17.4 Å². The van der Waals surface area contributed by atoms with Crippen molar-refractivity contribution in [2.75, 3.05) is 19.8 Å². The van der Waals surface area contributed by atoms with Crippen LogP contribution in [0.1, 0.15) is 17.3 Å². The standard InChI is InChI=1S/C13H15F2NO2S/c1-8(19-7-12(17)16(2)3)13(18)9-4-5-10(14)11(15)6-9/h4-6,8H,7H2,1-3H3. The molecule has 6 heteroatoms. The highest BCUT2D eigenvalue weighted by atomic mass is 32.2. The summed E-state index contributed by atoms with van der Waals surface area (Å²) in [4.78, 5) is 24.8. The molecule has 1 amide bonds. The second-order valence-corrected chi connectivity index (χ2v) is 5.56. The van der Waals surface area contributed by atoms with Crippen molar-refractivity contribution in [3.63, 3.8) is 0 Å². The molecular formula is C13H15F2NO2S. The van der Waals surface area contributed by atoms with E-state index < -0.39 is 16.9 Å². The fourth-order valence-corrected chi connectivity index (χ4v) is 2.22. The second kappa shape index (κ2) is 6.65. The van der Waals surface area contributed by atoms with E-state index in [1.165, 1.54) is 22.7 Å². The summed E-state index contributed by atoms with van der Waals surface area (Å²) < 4.78 is 25.8. The average Bonchev–Trinajstić information content (AvgIpc) is 2.37. The topological polar surface area (TPSA) is 37.4 Å². The van der Waals surface area contributed by atoms with Crippen LogP contribution in [0.25, 0.3) is 0 Å². The van der Waals surface area contributed by atoms with Crippen LogP contribution in [0.3, 0.4) is 0 Å². The zero-order valence-corrected chi connectivity index (χ0v) is 11.8. The minimum atomic E-state index is -1.05. The third kappa shape index (κ3) is 4.31. The summed E-state index contributed by atoms with van der Waals surface area (Å²) in [5.41, 5.74) is 0.108. The maximum atomic E-state index is 13.0. The van der Waals surface area contributed by atoms with Gasteiger partial charge in [0, 0.05) is 19.7 Å². The Balaban J connectivity index is 2.66. The molecule has 3 nitrogen and oxygen atoms in total. The molecule has 0 aromatic heterocycles. The lowest BCUT2D eigenvalue weighted by Gasteiger charge is -2.13. The van der Waals surface area contributed by atoms with E-state index in [0.29, 0.717) is 0 Å². The Morgan fingerprint density at radius 3 is 2.42 bits per heavy atom. The maximum absolute atomic E-state index is 13.0. The summed E-state index contributed by atoms with van der Waals surface area (Å²) in [5.74, 6) is -2.29. The van der Waals surface area contributed by atoms with Crippen LogP contribution in [0, 0.1) is 11.6 Å². The Morgan fingerprint density at radius 2 is 1.89 bits per heavy atom. The molecule has 0 radical (unpaired) electrons. The Bertz CT molecular complexity index is 492. The van der Waals surface area contributed by atoms with Gasteiger partial charge in [-0.1, -0.05) is 0 Å². The lowest BCUT2D eigenvalue weighted by Crippen LogP contribution is -2.25. The number of hydrogen-bond donors (Lipinski definition) is 0. The van der Waals surface area contributed by atoms with Gasteiger partial charge in [0.1, 0.15) is 0 Å². The van der Waals surface area contributed by atoms with Gasteiger partial charge in [-0.2, -0.15) is 0 Å². The second-order valence-electron chi connectivity index (χ2n) is 4.23. The van der Waals surface area contributed by atoms with Crippen molar-refractivity contribution in [3.8, 4) is 0 Å². The minimum absolute atomic E-state index is 0.102. The summed E-state index contributed by atoms with van der Waals surface area (Å²) in [5, 5.41) is -0.492. The van der Waals surface area contributed by atoms with Crippen molar-refractivity contribution in [1.29, 1.82) is 0 Å². The molecule has 0 heterocycles. The smallest absolute Gasteiger partial charge is 0.232 e. The molecule has 0 bridgehead atoms. The molecule has 1 aromatic carbocycles. The van der Waals surface area contributed by atoms with Crippen molar-refractivity contribution in [2.24, 2.45) is 0 Å². The predicted molar refractivity (Wildman–Crippen MR) is 71.3 cm³/mol. The number of hydrogen-bond acceptors (Lipinski definition) is 3. The molecule has 0 aliphatic rings. The average molecular weight is 287 g/mol. The number of carbonyl (C=O) groups excluding carboxylic acids is 2. The van der Waals surface area contributed by atoms with E-state index in [9.17, 15) is 18.4 Å². The summed E-state index contributed by atoms with van der Waals surface area (Å²) in [7, 11) is 3.26. The predicted octanol–water partition coefficient (Wildman–Crippen LogP) is 2.36. The van der Waals surface area contributed by atoms with E-state index in [2.05, 4.69) is 0 Å². The number of rotatable bonds is 5. The van der Waals surface area contributed by atoms with Crippen LogP contribution < -0.4 is 0 Å². The summed E-state index contributed by atoms with van der Waals surface area (Å²) in [6, 6.07) is 3.04. The molecule has 0 saturated heterocycles. The Hall–Kier alpha value is -1.43. The van der Waals surface area contributed by atoms with Gasteiger partial charge < -0.3 is 4.90 Å². The molecule has 0 aliphatic heterocycles. The molecule has 1 atom stereocenters. The third-order valence-electron chi connectivity index (χ3n) is 2.53. The number of benzene rings is 1. The van der Waals surface area contributed by atoms with Gasteiger partial charge in [0.25, 0.3) is 0 Å². The van der Waals surface area contributed by atoms with E-state index in [1.807, 2.05) is 0 Å². The number of nitrogens with zero attached hydrogens (tertiary/aromatic N) is 1. The molecule has 0 aliphatic carbocycles. The third-order valence-corrected chi connectivity index (χ3v) is 3.66.